The van der Waals surface area contributed by atoms with Gasteiger partial charge in [-0.05, 0) is 54.6 Å². The van der Waals surface area contributed by atoms with Gasteiger partial charge in [-0.2, -0.15) is 0 Å². The summed E-state index contributed by atoms with van der Waals surface area (Å²) in [5.41, 5.74) is 1.77. The van der Waals surface area contributed by atoms with Crippen molar-refractivity contribution in [2.24, 2.45) is 0 Å². The second kappa shape index (κ2) is 10.1. The number of amides is 1. The predicted molar refractivity (Wildman–Crippen MR) is 125 cm³/mol. The zero-order chi connectivity index (χ0) is 22.5. The molecule has 4 rings (SSSR count). The van der Waals surface area contributed by atoms with Gasteiger partial charge < -0.3 is 19.3 Å². The van der Waals surface area contributed by atoms with Crippen LogP contribution < -0.4 is 14.4 Å². The first-order valence-electron chi connectivity index (χ1n) is 10.1. The van der Waals surface area contributed by atoms with Crippen LogP contribution >= 0.6 is 23.2 Å². The normalized spacial score (nSPS) is 13.7. The van der Waals surface area contributed by atoms with Crippen molar-refractivity contribution < 1.29 is 14.3 Å². The van der Waals surface area contributed by atoms with E-state index >= 15 is 0 Å². The topological polar surface area (TPSA) is 67.8 Å². The first kappa shape index (κ1) is 22.2. The molecule has 2 aromatic carbocycles. The van der Waals surface area contributed by atoms with Crippen molar-refractivity contribution in [1.29, 1.82) is 0 Å². The molecule has 2 heterocycles. The third kappa shape index (κ3) is 5.23. The first-order chi connectivity index (χ1) is 15.5. The van der Waals surface area contributed by atoms with E-state index in [1.807, 2.05) is 36.4 Å². The summed E-state index contributed by atoms with van der Waals surface area (Å²) in [6.07, 6.45) is 0. The molecule has 0 bridgehead atoms. The Bertz CT molecular complexity index is 1070. The summed E-state index contributed by atoms with van der Waals surface area (Å²) in [7, 11) is 1.64. The summed E-state index contributed by atoms with van der Waals surface area (Å²) in [5.74, 6) is 1.94. The Morgan fingerprint density at radius 2 is 1.72 bits per heavy atom. The summed E-state index contributed by atoms with van der Waals surface area (Å²) in [6.45, 7) is 2.43. The van der Waals surface area contributed by atoms with Crippen LogP contribution in [0.4, 0.5) is 5.82 Å². The van der Waals surface area contributed by atoms with Gasteiger partial charge in [0.15, 0.2) is 12.4 Å². The van der Waals surface area contributed by atoms with Gasteiger partial charge in [0.25, 0.3) is 5.91 Å². The molecule has 0 aliphatic carbocycles. The van der Waals surface area contributed by atoms with Crippen LogP contribution in [-0.4, -0.2) is 60.9 Å². The summed E-state index contributed by atoms with van der Waals surface area (Å²) >= 11 is 12.0. The lowest BCUT2D eigenvalue weighted by Gasteiger charge is -2.35. The Morgan fingerprint density at radius 1 is 0.969 bits per heavy atom. The van der Waals surface area contributed by atoms with Gasteiger partial charge in [0.05, 0.1) is 17.8 Å². The molecule has 3 aromatic rings. The lowest BCUT2D eigenvalue weighted by molar-refractivity contribution is -0.133. The summed E-state index contributed by atoms with van der Waals surface area (Å²) < 4.78 is 10.7. The minimum atomic E-state index is -0.0865. The molecular weight excluding hydrogens is 451 g/mol. The number of piperazine rings is 1. The van der Waals surface area contributed by atoms with Crippen molar-refractivity contribution in [2.45, 2.75) is 0 Å². The van der Waals surface area contributed by atoms with E-state index < -0.39 is 0 Å². The van der Waals surface area contributed by atoms with Crippen LogP contribution in [0.3, 0.4) is 0 Å². The van der Waals surface area contributed by atoms with E-state index in [0.717, 1.165) is 22.8 Å². The second-order valence-electron chi connectivity index (χ2n) is 7.24. The third-order valence-electron chi connectivity index (χ3n) is 5.24. The van der Waals surface area contributed by atoms with Gasteiger partial charge in [0.1, 0.15) is 11.5 Å². The highest BCUT2D eigenvalue weighted by Gasteiger charge is 2.22. The molecular formula is C23H22Cl2N4O3. The molecule has 0 saturated carbocycles. The number of hydrogen-bond donors (Lipinski definition) is 0. The molecule has 0 N–H and O–H groups in total. The molecule has 9 heteroatoms. The predicted octanol–water partition coefficient (Wildman–Crippen LogP) is 4.19. The maximum atomic E-state index is 12.5. The highest BCUT2D eigenvalue weighted by molar-refractivity contribution is 6.35. The quantitative estimate of drug-likeness (QED) is 0.535. The van der Waals surface area contributed by atoms with E-state index in [-0.39, 0.29) is 12.5 Å². The number of nitrogens with zero attached hydrogens (tertiary/aromatic N) is 4. The monoisotopic (exact) mass is 472 g/mol. The van der Waals surface area contributed by atoms with Crippen LogP contribution in [0.5, 0.6) is 11.5 Å². The number of hydrogen-bond acceptors (Lipinski definition) is 6. The molecule has 1 saturated heterocycles. The lowest BCUT2D eigenvalue weighted by Crippen LogP contribution is -2.50. The number of carbonyl (C=O) groups excluding carboxylic acids is 1. The SMILES string of the molecule is COc1ccc(-c2ccc(N3CCN(C(=O)COc4ccc(Cl)cc4Cl)CC3)nn2)cc1. The number of anilines is 1. The van der Waals surface area contributed by atoms with E-state index in [2.05, 4.69) is 15.1 Å². The largest absolute Gasteiger partial charge is 0.497 e. The van der Waals surface area contributed by atoms with Crippen molar-refractivity contribution in [3.63, 3.8) is 0 Å². The van der Waals surface area contributed by atoms with Gasteiger partial charge in [-0.3, -0.25) is 4.79 Å². The zero-order valence-corrected chi connectivity index (χ0v) is 19.0. The molecule has 0 spiro atoms. The fourth-order valence-corrected chi connectivity index (χ4v) is 3.88. The van der Waals surface area contributed by atoms with Gasteiger partial charge in [0.2, 0.25) is 0 Å². The Labute approximate surface area is 196 Å². The molecule has 32 heavy (non-hydrogen) atoms. The highest BCUT2D eigenvalue weighted by atomic mass is 35.5. The van der Waals surface area contributed by atoms with Gasteiger partial charge in [-0.15, -0.1) is 10.2 Å². The summed E-state index contributed by atoms with van der Waals surface area (Å²) in [6, 6.07) is 16.5. The number of aromatic nitrogens is 2. The number of carbonyl (C=O) groups is 1. The van der Waals surface area contributed by atoms with Crippen LogP contribution in [0.15, 0.2) is 54.6 Å². The summed E-state index contributed by atoms with van der Waals surface area (Å²) in [4.78, 5) is 16.4. The van der Waals surface area contributed by atoms with Gasteiger partial charge >= 0.3 is 0 Å². The van der Waals surface area contributed by atoms with Crippen molar-refractivity contribution >= 4 is 34.9 Å². The van der Waals surface area contributed by atoms with E-state index in [4.69, 9.17) is 32.7 Å². The molecule has 0 atom stereocenters. The van der Waals surface area contributed by atoms with Crippen molar-refractivity contribution in [3.05, 3.63) is 64.6 Å². The molecule has 0 radical (unpaired) electrons. The second-order valence-corrected chi connectivity index (χ2v) is 8.08. The van der Waals surface area contributed by atoms with E-state index in [0.29, 0.717) is 42.0 Å². The smallest absolute Gasteiger partial charge is 0.260 e. The first-order valence-corrected chi connectivity index (χ1v) is 10.9. The minimum Gasteiger partial charge on any atom is -0.497 e. The number of rotatable bonds is 6. The van der Waals surface area contributed by atoms with Crippen LogP contribution in [0.2, 0.25) is 10.0 Å². The fraction of sp³-hybridized carbons (Fsp3) is 0.261. The Morgan fingerprint density at radius 3 is 2.34 bits per heavy atom. The lowest BCUT2D eigenvalue weighted by atomic mass is 10.1. The number of benzene rings is 2. The maximum Gasteiger partial charge on any atom is 0.260 e. The van der Waals surface area contributed by atoms with Gasteiger partial charge in [-0.25, -0.2) is 0 Å². The molecule has 7 nitrogen and oxygen atoms in total. The molecule has 1 aliphatic heterocycles. The average molecular weight is 473 g/mol. The van der Waals surface area contributed by atoms with Gasteiger partial charge in [-0.1, -0.05) is 23.2 Å². The molecule has 1 aromatic heterocycles. The third-order valence-corrected chi connectivity index (χ3v) is 5.77. The molecule has 166 valence electrons. The van der Waals surface area contributed by atoms with Crippen molar-refractivity contribution in [3.8, 4) is 22.8 Å². The maximum absolute atomic E-state index is 12.5. The van der Waals surface area contributed by atoms with E-state index in [1.165, 1.54) is 0 Å². The van der Waals surface area contributed by atoms with Crippen LogP contribution in [0.25, 0.3) is 11.3 Å². The Kier molecular flexibility index (Phi) is 6.97. The average Bonchev–Trinajstić information content (AvgIpc) is 2.83. The van der Waals surface area contributed by atoms with Crippen LogP contribution in [0, 0.1) is 0 Å². The molecule has 1 amide bonds. The highest BCUT2D eigenvalue weighted by Crippen LogP contribution is 2.27. The molecule has 1 fully saturated rings. The number of ether oxygens (including phenoxy) is 2. The van der Waals surface area contributed by atoms with Gasteiger partial charge in [0, 0.05) is 36.8 Å². The zero-order valence-electron chi connectivity index (χ0n) is 17.5. The summed E-state index contributed by atoms with van der Waals surface area (Å²) in [5, 5.41) is 9.63. The Hall–Kier alpha value is -3.03. The van der Waals surface area contributed by atoms with Crippen molar-refractivity contribution in [1.82, 2.24) is 15.1 Å². The van der Waals surface area contributed by atoms with E-state index in [1.54, 1.807) is 30.2 Å². The Balaban J connectivity index is 1.29. The van der Waals surface area contributed by atoms with E-state index in [9.17, 15) is 4.79 Å². The number of methoxy groups -OCH3 is 1. The minimum absolute atomic E-state index is 0.0717. The van der Waals surface area contributed by atoms with Crippen molar-refractivity contribution in [2.75, 3.05) is 44.8 Å². The standard InChI is InChI=1S/C23H22Cl2N4O3/c1-31-18-5-2-16(3-6-18)20-7-9-22(27-26-20)28-10-12-29(13-11-28)23(30)15-32-21-8-4-17(24)14-19(21)25/h2-9,14H,10-13,15H2,1H3. The number of halogens is 2. The molecule has 1 aliphatic rings. The van der Waals surface area contributed by atoms with Crippen LogP contribution in [0.1, 0.15) is 0 Å². The van der Waals surface area contributed by atoms with Crippen LogP contribution in [-0.2, 0) is 4.79 Å². The fourth-order valence-electron chi connectivity index (χ4n) is 3.42. The molecule has 0 unspecified atom stereocenters.